The maximum absolute atomic E-state index is 11.9. The highest BCUT2D eigenvalue weighted by molar-refractivity contribution is 5.91. The van der Waals surface area contributed by atoms with Crippen molar-refractivity contribution in [2.75, 3.05) is 0 Å². The minimum absolute atomic E-state index is 0.00200. The smallest absolute Gasteiger partial charge is 0.155 e. The Labute approximate surface area is 140 Å². The Hall–Kier alpha value is -0.890. The lowest BCUT2D eigenvalue weighted by Gasteiger charge is -2.58. The number of aliphatic hydroxyl groups is 1. The zero-order valence-corrected chi connectivity index (χ0v) is 14.6. The first-order chi connectivity index (χ1) is 10.8. The summed E-state index contributed by atoms with van der Waals surface area (Å²) in [7, 11) is 0. The lowest BCUT2D eigenvalue weighted by atomic mass is 9.46. The van der Waals surface area contributed by atoms with Crippen molar-refractivity contribution in [2.24, 2.45) is 28.6 Å². The standard InChI is InChI=1S/C21H30O2/c1-4-21(23)12-9-18-16-6-5-14-13-15(22)7-10-19(14,2)17(16)8-11-20(18,21)3/h4,13,16-18,23H,1,5-12H2,2-3H3/t16-,17+,18+,19+,20+,21-/m1/s1. The molecular weight excluding hydrogens is 284 g/mol. The van der Waals surface area contributed by atoms with Crippen LogP contribution in [0.3, 0.4) is 0 Å². The highest BCUT2D eigenvalue weighted by Crippen LogP contribution is 2.67. The van der Waals surface area contributed by atoms with E-state index >= 15 is 0 Å². The Morgan fingerprint density at radius 3 is 2.61 bits per heavy atom. The van der Waals surface area contributed by atoms with Crippen LogP contribution in [0.1, 0.15) is 65.2 Å². The number of hydrogen-bond donors (Lipinski definition) is 1. The van der Waals surface area contributed by atoms with Crippen molar-refractivity contribution in [1.82, 2.24) is 0 Å². The second-order valence-electron chi connectivity index (χ2n) is 9.09. The Balaban J connectivity index is 1.70. The number of rotatable bonds is 1. The van der Waals surface area contributed by atoms with Gasteiger partial charge >= 0.3 is 0 Å². The van der Waals surface area contributed by atoms with Gasteiger partial charge in [-0.25, -0.2) is 0 Å². The van der Waals surface area contributed by atoms with Crippen molar-refractivity contribution in [3.8, 4) is 0 Å². The van der Waals surface area contributed by atoms with E-state index in [0.717, 1.165) is 38.5 Å². The number of carbonyl (C=O) groups excluding carboxylic acids is 1. The Kier molecular flexibility index (Phi) is 3.27. The van der Waals surface area contributed by atoms with Crippen LogP contribution in [0.15, 0.2) is 24.3 Å². The first kappa shape index (κ1) is 15.6. The molecule has 6 atom stereocenters. The summed E-state index contributed by atoms with van der Waals surface area (Å²) in [5, 5.41) is 11.1. The molecule has 0 aliphatic heterocycles. The molecule has 2 nitrogen and oxygen atoms in total. The third-order valence-corrected chi connectivity index (χ3v) is 8.51. The van der Waals surface area contributed by atoms with E-state index < -0.39 is 5.60 Å². The maximum atomic E-state index is 11.9. The van der Waals surface area contributed by atoms with Gasteiger partial charge in [0.05, 0.1) is 5.60 Å². The zero-order valence-electron chi connectivity index (χ0n) is 14.6. The summed E-state index contributed by atoms with van der Waals surface area (Å²) in [6, 6.07) is 0. The van der Waals surface area contributed by atoms with Crippen LogP contribution in [-0.2, 0) is 4.79 Å². The third-order valence-electron chi connectivity index (χ3n) is 8.51. The zero-order chi connectivity index (χ0) is 16.5. The second kappa shape index (κ2) is 4.81. The fraction of sp³-hybridized carbons (Fsp3) is 0.762. The summed E-state index contributed by atoms with van der Waals surface area (Å²) >= 11 is 0. The molecule has 4 rings (SSSR count). The molecule has 0 unspecified atom stereocenters. The molecule has 4 aliphatic rings. The van der Waals surface area contributed by atoms with Crippen molar-refractivity contribution in [2.45, 2.75) is 70.8 Å². The number of ketones is 1. The van der Waals surface area contributed by atoms with Gasteiger partial charge in [-0.05, 0) is 74.2 Å². The topological polar surface area (TPSA) is 37.3 Å². The molecule has 0 spiro atoms. The molecule has 1 N–H and O–H groups in total. The van der Waals surface area contributed by atoms with Crippen molar-refractivity contribution in [3.05, 3.63) is 24.3 Å². The minimum atomic E-state index is -0.678. The molecular formula is C21H30O2. The van der Waals surface area contributed by atoms with Crippen molar-refractivity contribution in [3.63, 3.8) is 0 Å². The van der Waals surface area contributed by atoms with Crippen molar-refractivity contribution < 1.29 is 9.90 Å². The van der Waals surface area contributed by atoms with Crippen LogP contribution in [0.5, 0.6) is 0 Å². The maximum Gasteiger partial charge on any atom is 0.155 e. The van der Waals surface area contributed by atoms with E-state index in [2.05, 4.69) is 20.4 Å². The van der Waals surface area contributed by atoms with Crippen LogP contribution >= 0.6 is 0 Å². The third kappa shape index (κ3) is 1.88. The van der Waals surface area contributed by atoms with Crippen LogP contribution in [0.2, 0.25) is 0 Å². The van der Waals surface area contributed by atoms with E-state index in [1.165, 1.54) is 18.4 Å². The fourth-order valence-electron chi connectivity index (χ4n) is 6.95. The SMILES string of the molecule is C=C[C@@]1(O)CC[C@H]2[C@@H]3CCC4=CC(=O)CC[C@]4(C)[C@H]3CC[C@@]21C. The van der Waals surface area contributed by atoms with E-state index in [-0.39, 0.29) is 10.8 Å². The summed E-state index contributed by atoms with van der Waals surface area (Å²) in [4.78, 5) is 11.9. The minimum Gasteiger partial charge on any atom is -0.385 e. The molecule has 0 heterocycles. The molecule has 4 aliphatic carbocycles. The summed E-state index contributed by atoms with van der Waals surface area (Å²) in [6.07, 6.45) is 12.1. The average Bonchev–Trinajstić information content (AvgIpc) is 2.80. The van der Waals surface area contributed by atoms with E-state index in [9.17, 15) is 9.90 Å². The van der Waals surface area contributed by atoms with E-state index in [1.807, 2.05) is 12.2 Å². The molecule has 2 heteroatoms. The van der Waals surface area contributed by atoms with Crippen LogP contribution < -0.4 is 0 Å². The number of allylic oxidation sites excluding steroid dienone is 1. The molecule has 0 saturated heterocycles. The summed E-state index contributed by atoms with van der Waals surface area (Å²) in [6.45, 7) is 8.67. The summed E-state index contributed by atoms with van der Waals surface area (Å²) < 4.78 is 0. The van der Waals surface area contributed by atoms with Gasteiger partial charge in [-0.2, -0.15) is 0 Å². The predicted octanol–water partition coefficient (Wildman–Crippen LogP) is 4.44. The highest BCUT2D eigenvalue weighted by Gasteiger charge is 2.62. The fourth-order valence-corrected chi connectivity index (χ4v) is 6.95. The molecule has 0 radical (unpaired) electrons. The van der Waals surface area contributed by atoms with Gasteiger partial charge in [0.25, 0.3) is 0 Å². The highest BCUT2D eigenvalue weighted by atomic mass is 16.3. The summed E-state index contributed by atoms with van der Waals surface area (Å²) in [5.41, 5.74) is 0.975. The molecule has 0 aromatic heterocycles. The molecule has 3 fully saturated rings. The molecule has 0 aromatic rings. The van der Waals surface area contributed by atoms with E-state index in [0.29, 0.717) is 23.5 Å². The Morgan fingerprint density at radius 2 is 1.87 bits per heavy atom. The lowest BCUT2D eigenvalue weighted by Crippen LogP contribution is -2.54. The lowest BCUT2D eigenvalue weighted by molar-refractivity contribution is -0.120. The van der Waals surface area contributed by atoms with Crippen LogP contribution in [0.4, 0.5) is 0 Å². The van der Waals surface area contributed by atoms with Crippen molar-refractivity contribution >= 4 is 5.78 Å². The normalized spacial score (nSPS) is 52.2. The van der Waals surface area contributed by atoms with Gasteiger partial charge in [-0.15, -0.1) is 6.58 Å². The number of fused-ring (bicyclic) bond motifs is 5. The van der Waals surface area contributed by atoms with Gasteiger partial charge in [-0.1, -0.05) is 25.5 Å². The Bertz CT molecular complexity index is 591. The largest absolute Gasteiger partial charge is 0.385 e. The van der Waals surface area contributed by atoms with Crippen LogP contribution in [0.25, 0.3) is 0 Å². The second-order valence-corrected chi connectivity index (χ2v) is 9.09. The number of carbonyl (C=O) groups is 1. The predicted molar refractivity (Wildman–Crippen MR) is 91.9 cm³/mol. The monoisotopic (exact) mass is 314 g/mol. The van der Waals surface area contributed by atoms with Crippen LogP contribution in [-0.4, -0.2) is 16.5 Å². The first-order valence-corrected chi connectivity index (χ1v) is 9.44. The molecule has 126 valence electrons. The van der Waals surface area contributed by atoms with Crippen molar-refractivity contribution in [1.29, 1.82) is 0 Å². The molecule has 0 bridgehead atoms. The quantitative estimate of drug-likeness (QED) is 0.727. The molecule has 0 aromatic carbocycles. The van der Waals surface area contributed by atoms with Gasteiger partial charge < -0.3 is 5.11 Å². The van der Waals surface area contributed by atoms with Gasteiger partial charge in [0, 0.05) is 11.8 Å². The van der Waals surface area contributed by atoms with E-state index in [4.69, 9.17) is 0 Å². The average molecular weight is 314 g/mol. The molecule has 0 amide bonds. The summed E-state index contributed by atoms with van der Waals surface area (Å²) in [5.74, 6) is 2.35. The van der Waals surface area contributed by atoms with E-state index in [1.54, 1.807) is 0 Å². The Morgan fingerprint density at radius 1 is 1.13 bits per heavy atom. The van der Waals surface area contributed by atoms with Gasteiger partial charge in [-0.3, -0.25) is 4.79 Å². The van der Waals surface area contributed by atoms with Crippen LogP contribution in [0, 0.1) is 28.6 Å². The molecule has 23 heavy (non-hydrogen) atoms. The van der Waals surface area contributed by atoms with Gasteiger partial charge in [0.15, 0.2) is 5.78 Å². The first-order valence-electron chi connectivity index (χ1n) is 9.44. The molecule has 3 saturated carbocycles. The van der Waals surface area contributed by atoms with Gasteiger partial charge in [0.1, 0.15) is 0 Å². The number of hydrogen-bond acceptors (Lipinski definition) is 2. The van der Waals surface area contributed by atoms with Gasteiger partial charge in [0.2, 0.25) is 0 Å².